The highest BCUT2D eigenvalue weighted by molar-refractivity contribution is 5.85. The summed E-state index contributed by atoms with van der Waals surface area (Å²) in [4.78, 5) is 12.2. The first-order valence-corrected chi connectivity index (χ1v) is 8.78. The minimum atomic E-state index is 0. The van der Waals surface area contributed by atoms with Crippen molar-refractivity contribution >= 4 is 18.3 Å². The maximum atomic E-state index is 12.2. The third-order valence-electron chi connectivity index (χ3n) is 4.51. The standard InChI is InChI=1S/C19H30N2O2.ClH/c1-14(2)23-18-7-5-4-6-17(18)13-21-19(22)12-15(3)16-8-10-20-11-9-16;/h4-7,14-16,20H,8-13H2,1-3H3,(H,21,22);1H. The molecule has 0 spiro atoms. The van der Waals surface area contributed by atoms with Gasteiger partial charge in [-0.1, -0.05) is 25.1 Å². The van der Waals surface area contributed by atoms with Crippen LogP contribution in [0.1, 0.15) is 45.6 Å². The zero-order valence-electron chi connectivity index (χ0n) is 15.0. The van der Waals surface area contributed by atoms with Crippen molar-refractivity contribution in [3.05, 3.63) is 29.8 Å². The second kappa shape index (κ2) is 10.6. The number of hydrogen-bond donors (Lipinski definition) is 2. The lowest BCUT2D eigenvalue weighted by Gasteiger charge is -2.27. The molecule has 136 valence electrons. The summed E-state index contributed by atoms with van der Waals surface area (Å²) in [5, 5.41) is 6.42. The normalized spacial score (nSPS) is 16.3. The van der Waals surface area contributed by atoms with Crippen molar-refractivity contribution in [2.45, 2.75) is 52.7 Å². The van der Waals surface area contributed by atoms with E-state index in [1.807, 2.05) is 38.1 Å². The van der Waals surface area contributed by atoms with Crippen LogP contribution in [-0.2, 0) is 11.3 Å². The fourth-order valence-electron chi connectivity index (χ4n) is 3.16. The second-order valence-corrected chi connectivity index (χ2v) is 6.82. The van der Waals surface area contributed by atoms with E-state index in [1.165, 1.54) is 12.8 Å². The van der Waals surface area contributed by atoms with Crippen molar-refractivity contribution < 1.29 is 9.53 Å². The monoisotopic (exact) mass is 354 g/mol. The van der Waals surface area contributed by atoms with Crippen LogP contribution >= 0.6 is 12.4 Å². The Hall–Kier alpha value is -1.26. The Balaban J connectivity index is 0.00000288. The van der Waals surface area contributed by atoms with E-state index < -0.39 is 0 Å². The summed E-state index contributed by atoms with van der Waals surface area (Å²) in [6.45, 7) is 8.91. The molecule has 2 rings (SSSR count). The molecule has 0 radical (unpaired) electrons. The van der Waals surface area contributed by atoms with Gasteiger partial charge in [0.25, 0.3) is 0 Å². The lowest BCUT2D eigenvalue weighted by Crippen LogP contribution is -2.33. The number of halogens is 1. The van der Waals surface area contributed by atoms with Gasteiger partial charge in [-0.2, -0.15) is 0 Å². The third-order valence-corrected chi connectivity index (χ3v) is 4.51. The van der Waals surface area contributed by atoms with E-state index in [4.69, 9.17) is 4.74 Å². The lowest BCUT2D eigenvalue weighted by molar-refractivity contribution is -0.122. The van der Waals surface area contributed by atoms with Crippen LogP contribution in [-0.4, -0.2) is 25.1 Å². The number of hydrogen-bond acceptors (Lipinski definition) is 3. The number of para-hydroxylation sites is 1. The average Bonchev–Trinajstić information content (AvgIpc) is 2.54. The molecule has 1 aliphatic rings. The van der Waals surface area contributed by atoms with Crippen LogP contribution in [0.4, 0.5) is 0 Å². The number of piperidine rings is 1. The first-order chi connectivity index (χ1) is 11.1. The molecule has 1 aromatic carbocycles. The number of nitrogens with one attached hydrogen (secondary N) is 2. The van der Waals surface area contributed by atoms with Gasteiger partial charge in [-0.05, 0) is 57.7 Å². The number of benzene rings is 1. The first-order valence-electron chi connectivity index (χ1n) is 8.78. The molecule has 24 heavy (non-hydrogen) atoms. The molecule has 0 aliphatic carbocycles. The molecule has 0 saturated carbocycles. The van der Waals surface area contributed by atoms with Crippen molar-refractivity contribution in [1.29, 1.82) is 0 Å². The molecule has 5 heteroatoms. The van der Waals surface area contributed by atoms with Gasteiger partial charge in [0.05, 0.1) is 6.10 Å². The van der Waals surface area contributed by atoms with Crippen LogP contribution < -0.4 is 15.4 Å². The summed E-state index contributed by atoms with van der Waals surface area (Å²) in [6, 6.07) is 7.90. The molecule has 1 atom stereocenters. The largest absolute Gasteiger partial charge is 0.491 e. The molecule has 1 aromatic rings. The number of rotatable bonds is 7. The summed E-state index contributed by atoms with van der Waals surface area (Å²) in [5.41, 5.74) is 1.03. The summed E-state index contributed by atoms with van der Waals surface area (Å²) in [7, 11) is 0. The van der Waals surface area contributed by atoms with Crippen LogP contribution in [0.15, 0.2) is 24.3 Å². The van der Waals surface area contributed by atoms with E-state index in [9.17, 15) is 4.79 Å². The second-order valence-electron chi connectivity index (χ2n) is 6.82. The molecule has 1 unspecified atom stereocenters. The highest BCUT2D eigenvalue weighted by Gasteiger charge is 2.22. The Morgan fingerprint density at radius 1 is 1.25 bits per heavy atom. The number of amides is 1. The van der Waals surface area contributed by atoms with Crippen LogP contribution in [0.25, 0.3) is 0 Å². The Morgan fingerprint density at radius 3 is 2.58 bits per heavy atom. The smallest absolute Gasteiger partial charge is 0.220 e. The zero-order valence-corrected chi connectivity index (χ0v) is 15.8. The predicted molar refractivity (Wildman–Crippen MR) is 101 cm³/mol. The molecule has 1 fully saturated rings. The van der Waals surface area contributed by atoms with Gasteiger partial charge in [0.1, 0.15) is 5.75 Å². The maximum absolute atomic E-state index is 12.2. The molecule has 4 nitrogen and oxygen atoms in total. The minimum Gasteiger partial charge on any atom is -0.491 e. The van der Waals surface area contributed by atoms with Crippen LogP contribution in [0.2, 0.25) is 0 Å². The fraction of sp³-hybridized carbons (Fsp3) is 0.632. The van der Waals surface area contributed by atoms with Gasteiger partial charge >= 0.3 is 0 Å². The third kappa shape index (κ3) is 6.70. The van der Waals surface area contributed by atoms with Gasteiger partial charge in [0.15, 0.2) is 0 Å². The van der Waals surface area contributed by atoms with Crippen molar-refractivity contribution in [1.82, 2.24) is 10.6 Å². The number of ether oxygens (including phenoxy) is 1. The molecule has 1 saturated heterocycles. The molecular weight excluding hydrogens is 324 g/mol. The molecule has 1 amide bonds. The summed E-state index contributed by atoms with van der Waals surface area (Å²) < 4.78 is 5.80. The van der Waals surface area contributed by atoms with Crippen LogP contribution in [0.3, 0.4) is 0 Å². The fourth-order valence-corrected chi connectivity index (χ4v) is 3.16. The first kappa shape index (κ1) is 20.8. The van der Waals surface area contributed by atoms with E-state index in [0.717, 1.165) is 24.4 Å². The van der Waals surface area contributed by atoms with E-state index in [-0.39, 0.29) is 24.4 Å². The van der Waals surface area contributed by atoms with E-state index in [0.29, 0.717) is 24.8 Å². The van der Waals surface area contributed by atoms with Crippen LogP contribution in [0, 0.1) is 11.8 Å². The lowest BCUT2D eigenvalue weighted by atomic mass is 9.84. The Bertz CT molecular complexity index is 502. The molecule has 2 N–H and O–H groups in total. The van der Waals surface area contributed by atoms with Crippen molar-refractivity contribution in [3.63, 3.8) is 0 Å². The van der Waals surface area contributed by atoms with Crippen molar-refractivity contribution in [2.75, 3.05) is 13.1 Å². The van der Waals surface area contributed by atoms with Gasteiger partial charge < -0.3 is 15.4 Å². The van der Waals surface area contributed by atoms with E-state index >= 15 is 0 Å². The van der Waals surface area contributed by atoms with Gasteiger partial charge in [-0.15, -0.1) is 12.4 Å². The minimum absolute atomic E-state index is 0. The van der Waals surface area contributed by atoms with E-state index in [2.05, 4.69) is 17.6 Å². The quantitative estimate of drug-likeness (QED) is 0.787. The predicted octanol–water partition coefficient (Wildman–Crippen LogP) is 3.54. The zero-order chi connectivity index (χ0) is 16.7. The summed E-state index contributed by atoms with van der Waals surface area (Å²) in [5.74, 6) is 2.10. The summed E-state index contributed by atoms with van der Waals surface area (Å²) in [6.07, 6.45) is 3.10. The SMILES string of the molecule is CC(C)Oc1ccccc1CNC(=O)CC(C)C1CCNCC1.Cl. The number of carbonyl (C=O) groups excluding carboxylic acids is 1. The highest BCUT2D eigenvalue weighted by atomic mass is 35.5. The van der Waals surface area contributed by atoms with Gasteiger partial charge in [0.2, 0.25) is 5.91 Å². The van der Waals surface area contributed by atoms with Crippen molar-refractivity contribution in [3.8, 4) is 5.75 Å². The van der Waals surface area contributed by atoms with Crippen molar-refractivity contribution in [2.24, 2.45) is 11.8 Å². The molecule has 0 bridgehead atoms. The molecule has 1 aliphatic heterocycles. The molecule has 1 heterocycles. The van der Waals surface area contributed by atoms with Crippen LogP contribution in [0.5, 0.6) is 5.75 Å². The number of carbonyl (C=O) groups is 1. The Morgan fingerprint density at radius 2 is 1.92 bits per heavy atom. The van der Waals surface area contributed by atoms with E-state index in [1.54, 1.807) is 0 Å². The van der Waals surface area contributed by atoms with Gasteiger partial charge in [0, 0.05) is 18.5 Å². The van der Waals surface area contributed by atoms with Gasteiger partial charge in [-0.3, -0.25) is 4.79 Å². The molecule has 0 aromatic heterocycles. The highest BCUT2D eigenvalue weighted by Crippen LogP contribution is 2.24. The topological polar surface area (TPSA) is 50.4 Å². The Labute approximate surface area is 152 Å². The molecular formula is C19H31ClN2O2. The Kier molecular flexibility index (Phi) is 9.16. The summed E-state index contributed by atoms with van der Waals surface area (Å²) >= 11 is 0. The maximum Gasteiger partial charge on any atom is 0.220 e. The average molecular weight is 355 g/mol. The van der Waals surface area contributed by atoms with Gasteiger partial charge in [-0.25, -0.2) is 0 Å².